The molecule has 5 nitrogen and oxygen atoms in total. The average molecular weight is 348 g/mol. The van der Waals surface area contributed by atoms with E-state index in [-0.39, 0.29) is 18.1 Å². The van der Waals surface area contributed by atoms with E-state index in [1.807, 2.05) is 31.2 Å². The Morgan fingerprint density at radius 2 is 2.12 bits per heavy atom. The molecule has 0 aliphatic carbocycles. The van der Waals surface area contributed by atoms with E-state index in [1.54, 1.807) is 12.1 Å². The maximum atomic E-state index is 11.2. The van der Waals surface area contributed by atoms with Crippen LogP contribution in [0.15, 0.2) is 36.4 Å². The van der Waals surface area contributed by atoms with Crippen LogP contribution in [0.3, 0.4) is 0 Å². The summed E-state index contributed by atoms with van der Waals surface area (Å²) in [7, 11) is 0. The van der Waals surface area contributed by atoms with Gasteiger partial charge in [0.2, 0.25) is 0 Å². The van der Waals surface area contributed by atoms with E-state index in [1.165, 1.54) is 0 Å². The van der Waals surface area contributed by atoms with Crippen molar-refractivity contribution in [2.75, 3.05) is 11.9 Å². The topological polar surface area (TPSA) is 82.4 Å². The zero-order chi connectivity index (χ0) is 18.3. The standard InChI is InChI=1S/C21H20N2O3/c1-12-9-14(21(24)25)5-6-15(12)19-16-3-2-8-26-20(16)17-10-13(11-22)4-7-18(17)23-19/h4-7,9-10,16,19-20,23H,2-3,8H2,1H3,(H,24,25)/t16-,19-,20-/m1/s1. The zero-order valence-corrected chi connectivity index (χ0v) is 14.5. The zero-order valence-electron chi connectivity index (χ0n) is 14.5. The molecule has 2 aliphatic heterocycles. The second-order valence-corrected chi connectivity index (χ2v) is 7.01. The summed E-state index contributed by atoms with van der Waals surface area (Å²) in [5, 5.41) is 22.0. The molecule has 0 radical (unpaired) electrons. The summed E-state index contributed by atoms with van der Waals surface area (Å²) >= 11 is 0. The van der Waals surface area contributed by atoms with Gasteiger partial charge in [0, 0.05) is 23.8 Å². The van der Waals surface area contributed by atoms with E-state index < -0.39 is 5.97 Å². The van der Waals surface area contributed by atoms with Crippen LogP contribution >= 0.6 is 0 Å². The first-order valence-electron chi connectivity index (χ1n) is 8.84. The van der Waals surface area contributed by atoms with Crippen molar-refractivity contribution in [3.05, 3.63) is 64.2 Å². The Labute approximate surface area is 152 Å². The number of aromatic carboxylic acids is 1. The van der Waals surface area contributed by atoms with Crippen molar-refractivity contribution in [1.82, 2.24) is 0 Å². The molecular formula is C21H20N2O3. The van der Waals surface area contributed by atoms with E-state index in [0.717, 1.165) is 41.8 Å². The molecule has 132 valence electrons. The molecule has 26 heavy (non-hydrogen) atoms. The van der Waals surface area contributed by atoms with Gasteiger partial charge in [-0.05, 0) is 61.2 Å². The molecule has 0 saturated carbocycles. The van der Waals surface area contributed by atoms with Crippen LogP contribution < -0.4 is 5.32 Å². The van der Waals surface area contributed by atoms with Crippen LogP contribution in [0.2, 0.25) is 0 Å². The number of nitrogens with one attached hydrogen (secondary N) is 1. The van der Waals surface area contributed by atoms with Crippen molar-refractivity contribution in [2.45, 2.75) is 31.9 Å². The van der Waals surface area contributed by atoms with E-state index in [9.17, 15) is 15.2 Å². The molecule has 2 aromatic carbocycles. The highest BCUT2D eigenvalue weighted by Crippen LogP contribution is 2.49. The maximum Gasteiger partial charge on any atom is 0.335 e. The fraction of sp³-hybridized carbons (Fsp3) is 0.333. The molecule has 3 atom stereocenters. The lowest BCUT2D eigenvalue weighted by atomic mass is 9.76. The molecule has 2 aliphatic rings. The van der Waals surface area contributed by atoms with Crippen LogP contribution in [-0.4, -0.2) is 17.7 Å². The van der Waals surface area contributed by atoms with E-state index in [4.69, 9.17) is 4.74 Å². The molecule has 0 spiro atoms. The molecular weight excluding hydrogens is 328 g/mol. The van der Waals surface area contributed by atoms with Gasteiger partial charge in [-0.2, -0.15) is 5.26 Å². The third kappa shape index (κ3) is 2.73. The van der Waals surface area contributed by atoms with Crippen LogP contribution in [0.5, 0.6) is 0 Å². The molecule has 1 saturated heterocycles. The largest absolute Gasteiger partial charge is 0.478 e. The van der Waals surface area contributed by atoms with Crippen LogP contribution in [-0.2, 0) is 4.74 Å². The fourth-order valence-corrected chi connectivity index (χ4v) is 4.21. The number of anilines is 1. The number of carbonyl (C=O) groups is 1. The molecule has 1 fully saturated rings. The first-order valence-corrected chi connectivity index (χ1v) is 8.84. The third-order valence-corrected chi connectivity index (χ3v) is 5.45. The Hall–Kier alpha value is -2.84. The molecule has 0 aromatic heterocycles. The molecule has 0 amide bonds. The Bertz CT molecular complexity index is 916. The number of aryl methyl sites for hydroxylation is 1. The lowest BCUT2D eigenvalue weighted by molar-refractivity contribution is -0.0382. The molecule has 5 heteroatoms. The van der Waals surface area contributed by atoms with Gasteiger partial charge in [-0.25, -0.2) is 4.79 Å². The predicted octanol–water partition coefficient (Wildman–Crippen LogP) is 4.20. The quantitative estimate of drug-likeness (QED) is 0.850. The molecule has 0 bridgehead atoms. The first-order chi connectivity index (χ1) is 12.6. The van der Waals surface area contributed by atoms with Crippen molar-refractivity contribution in [3.8, 4) is 6.07 Å². The van der Waals surface area contributed by atoms with Crippen molar-refractivity contribution in [3.63, 3.8) is 0 Å². The number of nitrogens with zero attached hydrogens (tertiary/aromatic N) is 1. The van der Waals surface area contributed by atoms with E-state index in [2.05, 4.69) is 11.4 Å². The van der Waals surface area contributed by atoms with Gasteiger partial charge in [0.1, 0.15) is 0 Å². The van der Waals surface area contributed by atoms with Gasteiger partial charge in [0.25, 0.3) is 0 Å². The summed E-state index contributed by atoms with van der Waals surface area (Å²) in [6, 6.07) is 13.2. The number of hydrogen-bond donors (Lipinski definition) is 2. The van der Waals surface area contributed by atoms with Crippen molar-refractivity contribution < 1.29 is 14.6 Å². The van der Waals surface area contributed by atoms with Gasteiger partial charge >= 0.3 is 5.97 Å². The number of carboxylic acid groups (broad SMARTS) is 1. The van der Waals surface area contributed by atoms with Gasteiger partial charge in [-0.3, -0.25) is 0 Å². The normalized spacial score (nSPS) is 23.9. The van der Waals surface area contributed by atoms with Crippen molar-refractivity contribution in [1.29, 1.82) is 5.26 Å². The number of carboxylic acids is 1. The fourth-order valence-electron chi connectivity index (χ4n) is 4.21. The first kappa shape index (κ1) is 16.6. The minimum absolute atomic E-state index is 0.0446. The van der Waals surface area contributed by atoms with Gasteiger partial charge in [0.05, 0.1) is 29.3 Å². The monoisotopic (exact) mass is 348 g/mol. The minimum Gasteiger partial charge on any atom is -0.478 e. The lowest BCUT2D eigenvalue weighted by Gasteiger charge is -2.43. The van der Waals surface area contributed by atoms with Crippen LogP contribution in [0.25, 0.3) is 0 Å². The highest BCUT2D eigenvalue weighted by molar-refractivity contribution is 5.88. The number of benzene rings is 2. The van der Waals surface area contributed by atoms with Crippen LogP contribution in [0.1, 0.15) is 57.6 Å². The molecule has 2 aromatic rings. The Morgan fingerprint density at radius 3 is 2.85 bits per heavy atom. The SMILES string of the molecule is Cc1cc(C(=O)O)ccc1[C@H]1Nc2ccc(C#N)cc2[C@@H]2OCCC[C@H]12. The number of rotatable bonds is 2. The van der Waals surface area contributed by atoms with Gasteiger partial charge < -0.3 is 15.2 Å². The highest BCUT2D eigenvalue weighted by atomic mass is 16.5. The number of fused-ring (bicyclic) bond motifs is 3. The summed E-state index contributed by atoms with van der Waals surface area (Å²) in [6.45, 7) is 2.68. The van der Waals surface area contributed by atoms with Gasteiger partial charge in [-0.1, -0.05) is 6.07 Å². The third-order valence-electron chi connectivity index (χ3n) is 5.45. The summed E-state index contributed by atoms with van der Waals surface area (Å²) in [5.74, 6) is -0.663. The molecule has 2 N–H and O–H groups in total. The maximum absolute atomic E-state index is 11.2. The summed E-state index contributed by atoms with van der Waals surface area (Å²) in [6.07, 6.45) is 1.98. The molecule has 2 heterocycles. The Balaban J connectivity index is 1.78. The second-order valence-electron chi connectivity index (χ2n) is 7.01. The Kier molecular flexibility index (Phi) is 4.14. The smallest absolute Gasteiger partial charge is 0.335 e. The van der Waals surface area contributed by atoms with Crippen molar-refractivity contribution in [2.24, 2.45) is 5.92 Å². The van der Waals surface area contributed by atoms with Crippen molar-refractivity contribution >= 4 is 11.7 Å². The van der Waals surface area contributed by atoms with E-state index >= 15 is 0 Å². The number of nitriles is 1. The second kappa shape index (κ2) is 6.47. The highest BCUT2D eigenvalue weighted by Gasteiger charge is 2.40. The summed E-state index contributed by atoms with van der Waals surface area (Å²) < 4.78 is 6.12. The van der Waals surface area contributed by atoms with E-state index in [0.29, 0.717) is 11.1 Å². The van der Waals surface area contributed by atoms with Gasteiger partial charge in [-0.15, -0.1) is 0 Å². The number of hydrogen-bond acceptors (Lipinski definition) is 4. The number of ether oxygens (including phenoxy) is 1. The van der Waals surface area contributed by atoms with Gasteiger partial charge in [0.15, 0.2) is 0 Å². The molecule has 0 unspecified atom stereocenters. The summed E-state index contributed by atoms with van der Waals surface area (Å²) in [5.41, 5.74) is 5.04. The lowest BCUT2D eigenvalue weighted by Crippen LogP contribution is -2.36. The molecule has 4 rings (SSSR count). The van der Waals surface area contributed by atoms with Crippen LogP contribution in [0, 0.1) is 24.2 Å². The summed E-state index contributed by atoms with van der Waals surface area (Å²) in [4.78, 5) is 11.2. The minimum atomic E-state index is -0.912. The van der Waals surface area contributed by atoms with Crippen LogP contribution in [0.4, 0.5) is 5.69 Å². The Morgan fingerprint density at radius 1 is 1.27 bits per heavy atom. The average Bonchev–Trinajstić information content (AvgIpc) is 2.67. The predicted molar refractivity (Wildman–Crippen MR) is 97.1 cm³/mol.